The van der Waals surface area contributed by atoms with Crippen LogP contribution in [0.1, 0.15) is 32.2 Å². The lowest BCUT2D eigenvalue weighted by molar-refractivity contribution is 0.0601. The average molecular weight is 345 g/mol. The molecule has 1 amide bonds. The maximum Gasteiger partial charge on any atom is 0.340 e. The first-order valence-electron chi connectivity index (χ1n) is 7.37. The fourth-order valence-electron chi connectivity index (χ4n) is 2.26. The van der Waals surface area contributed by atoms with Gasteiger partial charge in [0.05, 0.1) is 43.8 Å². The largest absolute Gasteiger partial charge is 0.493 e. The van der Waals surface area contributed by atoms with Crippen molar-refractivity contribution in [2.75, 3.05) is 26.6 Å². The third kappa shape index (κ3) is 3.85. The lowest BCUT2D eigenvalue weighted by Gasteiger charge is -2.15. The maximum absolute atomic E-state index is 12.5. The molecule has 0 unspecified atom stereocenters. The summed E-state index contributed by atoms with van der Waals surface area (Å²) in [4.78, 5) is 32.8. The molecule has 0 radical (unpaired) electrons. The van der Waals surface area contributed by atoms with Crippen LogP contribution in [0.3, 0.4) is 0 Å². The van der Waals surface area contributed by atoms with E-state index < -0.39 is 11.9 Å². The second kappa shape index (κ2) is 7.61. The molecule has 0 spiro atoms. The zero-order chi connectivity index (χ0) is 18.6. The predicted octanol–water partition coefficient (Wildman–Crippen LogP) is 2.15. The highest BCUT2D eigenvalue weighted by atomic mass is 16.5. The topological polar surface area (TPSA) is 99.6 Å². The number of ether oxygens (including phenoxy) is 3. The van der Waals surface area contributed by atoms with Crippen LogP contribution in [0.4, 0.5) is 5.69 Å². The number of carbonyl (C=O) groups excluding carboxylic acids is 2. The molecule has 2 rings (SSSR count). The van der Waals surface area contributed by atoms with Gasteiger partial charge in [-0.15, -0.1) is 0 Å². The summed E-state index contributed by atoms with van der Waals surface area (Å²) in [6, 6.07) is 2.94. The second-order valence-corrected chi connectivity index (χ2v) is 5.11. The molecule has 8 heteroatoms. The molecular formula is C17H19N3O5. The highest BCUT2D eigenvalue weighted by Crippen LogP contribution is 2.34. The Kier molecular flexibility index (Phi) is 5.53. The number of benzene rings is 1. The molecule has 1 aromatic heterocycles. The number of carbonyl (C=O) groups is 2. The molecule has 2 aromatic rings. The Morgan fingerprint density at radius 1 is 1.00 bits per heavy atom. The third-order valence-corrected chi connectivity index (χ3v) is 3.52. The minimum atomic E-state index is -0.617. The summed E-state index contributed by atoms with van der Waals surface area (Å²) < 4.78 is 15.2. The number of nitrogens with one attached hydrogen (secondary N) is 1. The van der Waals surface area contributed by atoms with Gasteiger partial charge in [0.15, 0.2) is 11.5 Å². The van der Waals surface area contributed by atoms with Crippen molar-refractivity contribution >= 4 is 17.6 Å². The van der Waals surface area contributed by atoms with Gasteiger partial charge in [-0.05, 0) is 13.8 Å². The van der Waals surface area contributed by atoms with Crippen LogP contribution in [0.25, 0.3) is 0 Å². The number of aryl methyl sites for hydroxylation is 2. The van der Waals surface area contributed by atoms with Gasteiger partial charge in [0.25, 0.3) is 5.91 Å². The average Bonchev–Trinajstić information content (AvgIpc) is 2.60. The van der Waals surface area contributed by atoms with Crippen molar-refractivity contribution in [3.63, 3.8) is 0 Å². The summed E-state index contributed by atoms with van der Waals surface area (Å²) in [5.74, 6) is 0.205. The first-order valence-corrected chi connectivity index (χ1v) is 7.37. The van der Waals surface area contributed by atoms with Crippen LogP contribution in [0.2, 0.25) is 0 Å². The van der Waals surface area contributed by atoms with Crippen molar-refractivity contribution in [1.29, 1.82) is 0 Å². The van der Waals surface area contributed by atoms with Crippen molar-refractivity contribution in [1.82, 2.24) is 9.97 Å². The highest BCUT2D eigenvalue weighted by molar-refractivity contribution is 6.08. The molecule has 1 aromatic carbocycles. The summed E-state index contributed by atoms with van der Waals surface area (Å²) in [7, 11) is 4.16. The second-order valence-electron chi connectivity index (χ2n) is 5.11. The van der Waals surface area contributed by atoms with Crippen molar-refractivity contribution in [3.8, 4) is 11.5 Å². The van der Waals surface area contributed by atoms with Gasteiger partial charge in [0.1, 0.15) is 5.82 Å². The van der Waals surface area contributed by atoms with Gasteiger partial charge < -0.3 is 19.5 Å². The maximum atomic E-state index is 12.5. The Hall–Kier alpha value is -3.16. The molecular weight excluding hydrogens is 326 g/mol. The number of nitrogens with zero attached hydrogens (tertiary/aromatic N) is 2. The molecule has 0 aliphatic heterocycles. The monoisotopic (exact) mass is 345 g/mol. The number of hydrogen-bond donors (Lipinski definition) is 1. The van der Waals surface area contributed by atoms with E-state index in [4.69, 9.17) is 14.2 Å². The smallest absolute Gasteiger partial charge is 0.340 e. The highest BCUT2D eigenvalue weighted by Gasteiger charge is 2.20. The van der Waals surface area contributed by atoms with Crippen LogP contribution < -0.4 is 14.8 Å². The van der Waals surface area contributed by atoms with E-state index in [1.165, 1.54) is 39.7 Å². The van der Waals surface area contributed by atoms with Gasteiger partial charge in [-0.2, -0.15) is 0 Å². The Balaban J connectivity index is 2.46. The summed E-state index contributed by atoms with van der Waals surface area (Å²) >= 11 is 0. The van der Waals surface area contributed by atoms with E-state index in [0.717, 1.165) is 0 Å². The number of rotatable bonds is 5. The molecule has 1 N–H and O–H groups in total. The number of anilines is 1. The quantitative estimate of drug-likeness (QED) is 0.829. The molecule has 132 valence electrons. The van der Waals surface area contributed by atoms with Gasteiger partial charge >= 0.3 is 5.97 Å². The zero-order valence-electron chi connectivity index (χ0n) is 14.7. The van der Waals surface area contributed by atoms with E-state index in [-0.39, 0.29) is 11.3 Å². The van der Waals surface area contributed by atoms with Gasteiger partial charge in [0, 0.05) is 18.3 Å². The van der Waals surface area contributed by atoms with E-state index in [1.54, 1.807) is 13.8 Å². The molecule has 1 heterocycles. The van der Waals surface area contributed by atoms with Crippen molar-refractivity contribution in [2.45, 2.75) is 13.8 Å². The standard InChI is InChI=1S/C17H19N3O5/c1-9-12(8-18-10(2)19-9)16(21)20-13-7-15(24-4)14(23-3)6-11(13)17(22)25-5/h6-8H,1-5H3,(H,20,21). The van der Waals surface area contributed by atoms with Crippen LogP contribution in [0.15, 0.2) is 18.3 Å². The number of aromatic nitrogens is 2. The lowest BCUT2D eigenvalue weighted by Crippen LogP contribution is -2.18. The van der Waals surface area contributed by atoms with Gasteiger partial charge in [-0.25, -0.2) is 14.8 Å². The summed E-state index contributed by atoms with van der Waals surface area (Å²) in [6.45, 7) is 3.44. The fourth-order valence-corrected chi connectivity index (χ4v) is 2.26. The van der Waals surface area contributed by atoms with Crippen LogP contribution in [-0.4, -0.2) is 43.2 Å². The first-order chi connectivity index (χ1) is 11.9. The Morgan fingerprint density at radius 2 is 1.64 bits per heavy atom. The van der Waals surface area contributed by atoms with Crippen molar-refractivity contribution in [2.24, 2.45) is 0 Å². The number of hydrogen-bond acceptors (Lipinski definition) is 7. The van der Waals surface area contributed by atoms with E-state index in [0.29, 0.717) is 28.6 Å². The Morgan fingerprint density at radius 3 is 2.20 bits per heavy atom. The van der Waals surface area contributed by atoms with Crippen molar-refractivity contribution < 1.29 is 23.8 Å². The SMILES string of the molecule is COC(=O)c1cc(OC)c(OC)cc1NC(=O)c1cnc(C)nc1C. The molecule has 0 saturated carbocycles. The normalized spacial score (nSPS) is 10.1. The van der Waals surface area contributed by atoms with Crippen molar-refractivity contribution in [3.05, 3.63) is 41.0 Å². The predicted molar refractivity (Wildman–Crippen MR) is 90.3 cm³/mol. The van der Waals surface area contributed by atoms with E-state index in [2.05, 4.69) is 15.3 Å². The molecule has 0 atom stereocenters. The Bertz CT molecular complexity index is 820. The molecule has 0 aliphatic rings. The van der Waals surface area contributed by atoms with E-state index in [9.17, 15) is 9.59 Å². The molecule has 8 nitrogen and oxygen atoms in total. The minimum absolute atomic E-state index is 0.138. The fraction of sp³-hybridized carbons (Fsp3) is 0.294. The molecule has 25 heavy (non-hydrogen) atoms. The molecule has 0 saturated heterocycles. The van der Waals surface area contributed by atoms with Crippen LogP contribution in [0, 0.1) is 13.8 Å². The molecule has 0 aliphatic carbocycles. The summed E-state index contributed by atoms with van der Waals surface area (Å²) in [5.41, 5.74) is 1.20. The molecule has 0 fully saturated rings. The molecule has 0 bridgehead atoms. The van der Waals surface area contributed by atoms with Gasteiger partial charge in [0.2, 0.25) is 0 Å². The van der Waals surface area contributed by atoms with Gasteiger partial charge in [-0.3, -0.25) is 4.79 Å². The first kappa shape index (κ1) is 18.2. The van der Waals surface area contributed by atoms with Crippen LogP contribution in [0.5, 0.6) is 11.5 Å². The summed E-state index contributed by atoms with van der Waals surface area (Å²) in [5, 5.41) is 2.67. The van der Waals surface area contributed by atoms with Crippen LogP contribution >= 0.6 is 0 Å². The lowest BCUT2D eigenvalue weighted by atomic mass is 10.1. The summed E-state index contributed by atoms with van der Waals surface area (Å²) in [6.07, 6.45) is 1.44. The number of esters is 1. The third-order valence-electron chi connectivity index (χ3n) is 3.52. The number of methoxy groups -OCH3 is 3. The Labute approximate surface area is 145 Å². The van der Waals surface area contributed by atoms with E-state index in [1.807, 2.05) is 0 Å². The number of amides is 1. The minimum Gasteiger partial charge on any atom is -0.493 e. The van der Waals surface area contributed by atoms with Crippen LogP contribution in [-0.2, 0) is 4.74 Å². The van der Waals surface area contributed by atoms with Gasteiger partial charge in [-0.1, -0.05) is 0 Å². The van der Waals surface area contributed by atoms with E-state index >= 15 is 0 Å². The zero-order valence-corrected chi connectivity index (χ0v) is 14.7.